The fraction of sp³-hybridized carbons (Fsp3) is 0. The maximum atomic E-state index is 9.61. The molecule has 3 N–H and O–H groups in total. The predicted molar refractivity (Wildman–Crippen MR) is 41.8 cm³/mol. The second-order valence-corrected chi connectivity index (χ2v) is 1.50. The van der Waals surface area contributed by atoms with E-state index < -0.39 is 17.4 Å². The molecule has 0 bridgehead atoms. The molecule has 5 nitrogen and oxygen atoms in total. The lowest BCUT2D eigenvalue weighted by molar-refractivity contribution is -0.132. The Hall–Kier alpha value is -2.09. The van der Waals surface area contributed by atoms with Gasteiger partial charge in [0.05, 0.1) is 0 Å². The number of nitriles is 1. The molecule has 0 saturated carbocycles. The molecule has 0 aromatic rings. The Morgan fingerprint density at radius 1 is 1.58 bits per heavy atom. The van der Waals surface area contributed by atoms with Gasteiger partial charge in [0.15, 0.2) is 0 Å². The highest BCUT2D eigenvalue weighted by atomic mass is 16.4. The molecule has 0 radical (unpaired) electrons. The Balaban J connectivity index is 0. The molecule has 64 valence electrons. The lowest BCUT2D eigenvalue weighted by Crippen LogP contribution is -2.04. The second kappa shape index (κ2) is 7.02. The molecule has 0 aromatic heterocycles. The van der Waals surface area contributed by atoms with Gasteiger partial charge >= 0.3 is 5.97 Å². The first-order chi connectivity index (χ1) is 5.45. The Bertz CT molecular complexity index is 250. The van der Waals surface area contributed by atoms with Crippen LogP contribution in [0.2, 0.25) is 0 Å². The van der Waals surface area contributed by atoms with Gasteiger partial charge in [0.25, 0.3) is 0 Å². The van der Waals surface area contributed by atoms with Gasteiger partial charge in [-0.1, -0.05) is 13.2 Å². The second-order valence-electron chi connectivity index (χ2n) is 1.50. The van der Waals surface area contributed by atoms with Gasteiger partial charge in [-0.2, -0.15) is 5.26 Å². The molecule has 0 aliphatic heterocycles. The summed E-state index contributed by atoms with van der Waals surface area (Å²) >= 11 is 0. The Kier molecular flexibility index (Phi) is 7.36. The number of nitrogens with two attached hydrogens (primary N) is 1. The molecule has 0 aliphatic carbocycles. The van der Waals surface area contributed by atoms with Crippen molar-refractivity contribution in [2.45, 2.75) is 0 Å². The number of aliphatic carboxylic acids is 1. The number of carboxylic acid groups (broad SMARTS) is 1. The van der Waals surface area contributed by atoms with Crippen LogP contribution in [0, 0.1) is 11.3 Å². The highest BCUT2D eigenvalue weighted by Gasteiger charge is 1.97. The van der Waals surface area contributed by atoms with Crippen LogP contribution in [0.15, 0.2) is 24.8 Å². The zero-order chi connectivity index (χ0) is 10.1. The van der Waals surface area contributed by atoms with Crippen molar-refractivity contribution >= 4 is 11.9 Å². The Morgan fingerprint density at radius 2 is 1.92 bits per heavy atom. The minimum atomic E-state index is -1.26. The Morgan fingerprint density at radius 3 is 1.92 bits per heavy atom. The number of amides is 1. The summed E-state index contributed by atoms with van der Waals surface area (Å²) in [5, 5.41) is 15.6. The smallest absolute Gasteiger partial charge is 0.345 e. The maximum Gasteiger partial charge on any atom is 0.345 e. The summed E-state index contributed by atoms with van der Waals surface area (Å²) in [5.74, 6) is -1.74. The lowest BCUT2D eigenvalue weighted by Gasteiger charge is -1.76. The molecule has 0 spiro atoms. The molecule has 0 fully saturated rings. The third-order valence-electron chi connectivity index (χ3n) is 0.594. The summed E-state index contributed by atoms with van der Waals surface area (Å²) < 4.78 is 0. The van der Waals surface area contributed by atoms with E-state index in [-0.39, 0.29) is 0 Å². The van der Waals surface area contributed by atoms with Crippen molar-refractivity contribution in [1.82, 2.24) is 0 Å². The summed E-state index contributed by atoms with van der Waals surface area (Å²) in [6.07, 6.45) is 1.06. The van der Waals surface area contributed by atoms with E-state index in [0.717, 1.165) is 6.08 Å². The van der Waals surface area contributed by atoms with Crippen LogP contribution in [-0.2, 0) is 9.59 Å². The van der Waals surface area contributed by atoms with E-state index in [9.17, 15) is 9.59 Å². The van der Waals surface area contributed by atoms with Crippen molar-refractivity contribution in [1.29, 1.82) is 5.26 Å². The van der Waals surface area contributed by atoms with Crippen molar-refractivity contribution in [3.05, 3.63) is 24.8 Å². The van der Waals surface area contributed by atoms with Crippen LogP contribution in [0.4, 0.5) is 0 Å². The van der Waals surface area contributed by atoms with E-state index in [1.165, 1.54) is 6.07 Å². The van der Waals surface area contributed by atoms with Crippen LogP contribution in [0.3, 0.4) is 0 Å². The molecule has 0 rings (SSSR count). The van der Waals surface area contributed by atoms with Gasteiger partial charge in [-0.25, -0.2) is 4.79 Å². The van der Waals surface area contributed by atoms with E-state index in [4.69, 9.17) is 10.4 Å². The number of carbonyl (C=O) groups excluding carboxylic acids is 1. The average Bonchev–Trinajstić information content (AvgIpc) is 2.04. The molecule has 1 amide bonds. The lowest BCUT2D eigenvalue weighted by atomic mass is 10.4. The quantitative estimate of drug-likeness (QED) is 0.440. The van der Waals surface area contributed by atoms with E-state index in [0.29, 0.717) is 0 Å². The van der Waals surface area contributed by atoms with Crippen molar-refractivity contribution in [3.63, 3.8) is 0 Å². The van der Waals surface area contributed by atoms with Gasteiger partial charge in [-0.15, -0.1) is 0 Å². The largest absolute Gasteiger partial charge is 0.477 e. The summed E-state index contributed by atoms with van der Waals surface area (Å²) in [6, 6.07) is 1.37. The van der Waals surface area contributed by atoms with Gasteiger partial charge in [0, 0.05) is 0 Å². The topological polar surface area (TPSA) is 104 Å². The van der Waals surface area contributed by atoms with Crippen LogP contribution < -0.4 is 5.73 Å². The molecule has 0 atom stereocenters. The summed E-state index contributed by atoms with van der Waals surface area (Å²) in [5.41, 5.74) is 4.10. The first-order valence-electron chi connectivity index (χ1n) is 2.69. The van der Waals surface area contributed by atoms with E-state index >= 15 is 0 Å². The minimum absolute atomic E-state index is 0.431. The summed E-state index contributed by atoms with van der Waals surface area (Å²) in [4.78, 5) is 19.1. The standard InChI is InChI=1S/C4H3NO2.C3H5NO/c1-3(2-5)4(6)7;1-2-3(4)5/h1H2,(H,6,7);2H,1H2,(H2,4,5). The zero-order valence-corrected chi connectivity index (χ0v) is 6.28. The molecule has 0 unspecified atom stereocenters. The molecule has 12 heavy (non-hydrogen) atoms. The van der Waals surface area contributed by atoms with Crippen LogP contribution in [0.5, 0.6) is 0 Å². The number of primary amides is 1. The predicted octanol–water partition coefficient (Wildman–Crippen LogP) is -0.192. The molecular weight excluding hydrogens is 160 g/mol. The van der Waals surface area contributed by atoms with E-state index in [1.807, 2.05) is 0 Å². The van der Waals surface area contributed by atoms with Gasteiger partial charge in [-0.3, -0.25) is 4.79 Å². The van der Waals surface area contributed by atoms with Gasteiger partial charge in [-0.05, 0) is 6.08 Å². The summed E-state index contributed by atoms with van der Waals surface area (Å²) in [7, 11) is 0. The number of hydrogen-bond donors (Lipinski definition) is 2. The van der Waals surface area contributed by atoms with Crippen LogP contribution in [0.25, 0.3) is 0 Å². The number of carbonyl (C=O) groups is 2. The Labute approximate surface area is 69.4 Å². The van der Waals surface area contributed by atoms with Crippen LogP contribution in [-0.4, -0.2) is 17.0 Å². The third kappa shape index (κ3) is 10.8. The van der Waals surface area contributed by atoms with Gasteiger partial charge in [0.2, 0.25) is 5.91 Å². The molecule has 0 heterocycles. The molecule has 0 saturated heterocycles. The fourth-order valence-electron chi connectivity index (χ4n) is 0.0478. The van der Waals surface area contributed by atoms with E-state index in [1.54, 1.807) is 0 Å². The zero-order valence-electron chi connectivity index (χ0n) is 6.28. The number of rotatable bonds is 2. The monoisotopic (exact) mass is 168 g/mol. The van der Waals surface area contributed by atoms with Crippen LogP contribution >= 0.6 is 0 Å². The fourth-order valence-corrected chi connectivity index (χ4v) is 0.0478. The van der Waals surface area contributed by atoms with Crippen molar-refractivity contribution in [2.75, 3.05) is 0 Å². The van der Waals surface area contributed by atoms with Crippen molar-refractivity contribution in [3.8, 4) is 6.07 Å². The van der Waals surface area contributed by atoms with Crippen molar-refractivity contribution in [2.24, 2.45) is 5.73 Å². The van der Waals surface area contributed by atoms with Gasteiger partial charge in [0.1, 0.15) is 11.6 Å². The maximum absolute atomic E-state index is 9.61. The molecule has 0 aliphatic rings. The number of carboxylic acids is 1. The normalized spacial score (nSPS) is 6.58. The molecule has 0 aromatic carbocycles. The van der Waals surface area contributed by atoms with Gasteiger partial charge < -0.3 is 10.8 Å². The van der Waals surface area contributed by atoms with Crippen LogP contribution in [0.1, 0.15) is 0 Å². The molecular formula is C7H8N2O3. The SMILES string of the molecule is C=C(C#N)C(=O)O.C=CC(N)=O. The van der Waals surface area contributed by atoms with Crippen molar-refractivity contribution < 1.29 is 14.7 Å². The molecule has 5 heteroatoms. The average molecular weight is 168 g/mol. The highest BCUT2D eigenvalue weighted by Crippen LogP contribution is 1.81. The summed E-state index contributed by atoms with van der Waals surface area (Å²) in [6.45, 7) is 6.00. The highest BCUT2D eigenvalue weighted by molar-refractivity contribution is 5.90. The third-order valence-corrected chi connectivity index (χ3v) is 0.594. The first kappa shape index (κ1) is 12.6. The minimum Gasteiger partial charge on any atom is -0.477 e. The first-order valence-corrected chi connectivity index (χ1v) is 2.69. The van der Waals surface area contributed by atoms with E-state index in [2.05, 4.69) is 18.9 Å². The number of hydrogen-bond acceptors (Lipinski definition) is 3. The number of nitrogens with zero attached hydrogens (tertiary/aromatic N) is 1.